The maximum absolute atomic E-state index is 12.8. The van der Waals surface area contributed by atoms with Gasteiger partial charge in [-0.2, -0.15) is 0 Å². The largest absolute Gasteiger partial charge is 0.289 e. The van der Waals surface area contributed by atoms with Crippen LogP contribution in [0.3, 0.4) is 0 Å². The van der Waals surface area contributed by atoms with Crippen molar-refractivity contribution in [2.75, 3.05) is 0 Å². The summed E-state index contributed by atoms with van der Waals surface area (Å²) >= 11 is 0. The Morgan fingerprint density at radius 1 is 0.682 bits per heavy atom. The Labute approximate surface area is 132 Å². The Kier molecular flexibility index (Phi) is 4.06. The lowest BCUT2D eigenvalue weighted by molar-refractivity contribution is -0.111. The first kappa shape index (κ1) is 14.5. The molecule has 0 aromatic heterocycles. The van der Waals surface area contributed by atoms with Crippen LogP contribution in [0.25, 0.3) is 11.1 Å². The first-order valence-electron chi connectivity index (χ1n) is 7.73. The van der Waals surface area contributed by atoms with Gasteiger partial charge in [-0.1, -0.05) is 60.7 Å². The lowest BCUT2D eigenvalue weighted by Crippen LogP contribution is -2.00. The molecule has 0 atom stereocenters. The van der Waals surface area contributed by atoms with Crippen LogP contribution in [0.2, 0.25) is 0 Å². The van der Waals surface area contributed by atoms with Gasteiger partial charge >= 0.3 is 0 Å². The van der Waals surface area contributed by atoms with Gasteiger partial charge in [-0.25, -0.2) is 0 Å². The van der Waals surface area contributed by atoms with Crippen LogP contribution in [0.1, 0.15) is 37.8 Å². The summed E-state index contributed by atoms with van der Waals surface area (Å²) in [5.41, 5.74) is 6.45. The highest BCUT2D eigenvalue weighted by molar-refractivity contribution is 6.18. The molecule has 0 amide bonds. The van der Waals surface area contributed by atoms with Crippen LogP contribution >= 0.6 is 0 Å². The summed E-state index contributed by atoms with van der Waals surface area (Å²) in [7, 11) is 0. The molecule has 1 saturated carbocycles. The maximum atomic E-state index is 12.8. The van der Waals surface area contributed by atoms with E-state index in [1.807, 2.05) is 36.4 Å². The molecule has 0 heterocycles. The number of Topliss-reactive ketones (excluding diaryl/α,β-unsaturated/α-hetero) is 1. The molecular formula is C21H20O. The number of hydrogen-bond acceptors (Lipinski definition) is 1. The van der Waals surface area contributed by atoms with Crippen molar-refractivity contribution in [1.82, 2.24) is 0 Å². The monoisotopic (exact) mass is 288 g/mol. The van der Waals surface area contributed by atoms with E-state index in [2.05, 4.69) is 38.1 Å². The van der Waals surface area contributed by atoms with Crippen molar-refractivity contribution in [1.29, 1.82) is 0 Å². The Hall–Kier alpha value is -2.41. The molecule has 0 radical (unpaired) electrons. The second kappa shape index (κ2) is 6.15. The second-order valence-corrected chi connectivity index (χ2v) is 5.77. The van der Waals surface area contributed by atoms with Crippen molar-refractivity contribution >= 4 is 16.9 Å². The third-order valence-electron chi connectivity index (χ3n) is 4.49. The van der Waals surface area contributed by atoms with Crippen LogP contribution in [0.5, 0.6) is 0 Å². The SMILES string of the molecule is CC(=C1CCC(=C(C)c2ccccc2)C1=O)c1ccccc1. The number of hydrogen-bond donors (Lipinski definition) is 0. The summed E-state index contributed by atoms with van der Waals surface area (Å²) < 4.78 is 0. The van der Waals surface area contributed by atoms with Crippen molar-refractivity contribution in [2.24, 2.45) is 0 Å². The molecule has 1 aliphatic carbocycles. The molecule has 110 valence electrons. The molecule has 1 fully saturated rings. The van der Waals surface area contributed by atoms with E-state index >= 15 is 0 Å². The van der Waals surface area contributed by atoms with E-state index in [1.54, 1.807) is 0 Å². The molecule has 2 aromatic rings. The summed E-state index contributed by atoms with van der Waals surface area (Å²) in [6.07, 6.45) is 1.69. The van der Waals surface area contributed by atoms with Crippen molar-refractivity contribution < 1.29 is 4.79 Å². The molecule has 0 spiro atoms. The van der Waals surface area contributed by atoms with E-state index < -0.39 is 0 Å². The summed E-state index contributed by atoms with van der Waals surface area (Å²) in [6, 6.07) is 20.4. The molecular weight excluding hydrogens is 268 g/mol. The fourth-order valence-electron chi connectivity index (χ4n) is 3.10. The fourth-order valence-corrected chi connectivity index (χ4v) is 3.10. The van der Waals surface area contributed by atoms with Crippen LogP contribution in [0, 0.1) is 0 Å². The smallest absolute Gasteiger partial charge is 0.185 e. The van der Waals surface area contributed by atoms with Gasteiger partial charge in [0.2, 0.25) is 0 Å². The van der Waals surface area contributed by atoms with Crippen molar-refractivity contribution in [3.8, 4) is 0 Å². The number of benzene rings is 2. The van der Waals surface area contributed by atoms with Crippen LogP contribution in [-0.2, 0) is 4.79 Å². The molecule has 0 bridgehead atoms. The van der Waals surface area contributed by atoms with Crippen molar-refractivity contribution in [2.45, 2.75) is 26.7 Å². The first-order valence-corrected chi connectivity index (χ1v) is 7.73. The molecule has 0 unspecified atom stereocenters. The third-order valence-corrected chi connectivity index (χ3v) is 4.49. The van der Waals surface area contributed by atoms with Crippen LogP contribution < -0.4 is 0 Å². The average Bonchev–Trinajstić information content (AvgIpc) is 2.96. The van der Waals surface area contributed by atoms with Crippen LogP contribution in [-0.4, -0.2) is 5.78 Å². The lowest BCUT2D eigenvalue weighted by Gasteiger charge is -2.07. The molecule has 3 rings (SSSR count). The van der Waals surface area contributed by atoms with E-state index in [0.29, 0.717) is 0 Å². The van der Waals surface area contributed by atoms with Gasteiger partial charge in [0, 0.05) is 11.1 Å². The predicted octanol–water partition coefficient (Wildman–Crippen LogP) is 5.30. The minimum atomic E-state index is 0.225. The van der Waals surface area contributed by atoms with E-state index in [-0.39, 0.29) is 5.78 Å². The summed E-state index contributed by atoms with van der Waals surface area (Å²) in [4.78, 5) is 12.8. The Bertz CT molecular complexity index is 684. The molecule has 22 heavy (non-hydrogen) atoms. The predicted molar refractivity (Wildman–Crippen MR) is 92.3 cm³/mol. The molecule has 0 saturated heterocycles. The number of rotatable bonds is 2. The van der Waals surface area contributed by atoms with Crippen LogP contribution in [0.15, 0.2) is 71.8 Å². The minimum Gasteiger partial charge on any atom is -0.289 e. The molecule has 2 aromatic carbocycles. The quantitative estimate of drug-likeness (QED) is 0.686. The van der Waals surface area contributed by atoms with Crippen LogP contribution in [0.4, 0.5) is 0 Å². The normalized spacial score (nSPS) is 19.3. The zero-order valence-corrected chi connectivity index (χ0v) is 13.1. The maximum Gasteiger partial charge on any atom is 0.185 e. The fraction of sp³-hybridized carbons (Fsp3) is 0.190. The molecule has 1 aliphatic rings. The van der Waals surface area contributed by atoms with Gasteiger partial charge < -0.3 is 0 Å². The third kappa shape index (κ3) is 2.67. The Morgan fingerprint density at radius 3 is 1.41 bits per heavy atom. The number of carbonyl (C=O) groups excluding carboxylic acids is 1. The highest BCUT2D eigenvalue weighted by atomic mass is 16.1. The van der Waals surface area contributed by atoms with Gasteiger partial charge in [-0.15, -0.1) is 0 Å². The van der Waals surface area contributed by atoms with Crippen molar-refractivity contribution in [3.63, 3.8) is 0 Å². The second-order valence-electron chi connectivity index (χ2n) is 5.77. The number of carbonyl (C=O) groups is 1. The Balaban J connectivity index is 1.99. The average molecular weight is 288 g/mol. The van der Waals surface area contributed by atoms with Gasteiger partial charge in [0.15, 0.2) is 5.78 Å². The van der Waals surface area contributed by atoms with Crippen molar-refractivity contribution in [3.05, 3.63) is 82.9 Å². The standard InChI is InChI=1S/C21H20O/c1-15(17-9-5-3-6-10-17)19-13-14-20(21(19)22)16(2)18-11-7-4-8-12-18/h3-12H,13-14H2,1-2H3. The van der Waals surface area contributed by atoms with Gasteiger partial charge in [-0.05, 0) is 49.0 Å². The molecule has 0 N–H and O–H groups in total. The highest BCUT2D eigenvalue weighted by Crippen LogP contribution is 2.36. The first-order chi connectivity index (χ1) is 10.7. The molecule has 0 aliphatic heterocycles. The van der Waals surface area contributed by atoms with E-state index in [0.717, 1.165) is 46.3 Å². The number of ketones is 1. The van der Waals surface area contributed by atoms with Gasteiger partial charge in [0.25, 0.3) is 0 Å². The molecule has 1 heteroatoms. The zero-order chi connectivity index (χ0) is 15.5. The van der Waals surface area contributed by atoms with Gasteiger partial charge in [-0.3, -0.25) is 4.79 Å². The number of allylic oxidation sites excluding steroid dienone is 4. The summed E-state index contributed by atoms with van der Waals surface area (Å²) in [5, 5.41) is 0. The highest BCUT2D eigenvalue weighted by Gasteiger charge is 2.27. The summed E-state index contributed by atoms with van der Waals surface area (Å²) in [6.45, 7) is 4.12. The topological polar surface area (TPSA) is 17.1 Å². The van der Waals surface area contributed by atoms with Gasteiger partial charge in [0.05, 0.1) is 0 Å². The zero-order valence-electron chi connectivity index (χ0n) is 13.1. The minimum absolute atomic E-state index is 0.225. The van der Waals surface area contributed by atoms with E-state index in [9.17, 15) is 4.79 Å². The molecule has 1 nitrogen and oxygen atoms in total. The Morgan fingerprint density at radius 2 is 1.05 bits per heavy atom. The van der Waals surface area contributed by atoms with Gasteiger partial charge in [0.1, 0.15) is 0 Å². The summed E-state index contributed by atoms with van der Waals surface area (Å²) in [5.74, 6) is 0.225. The van der Waals surface area contributed by atoms with E-state index in [1.165, 1.54) is 0 Å². The van der Waals surface area contributed by atoms with E-state index in [4.69, 9.17) is 0 Å². The lowest BCUT2D eigenvalue weighted by atomic mass is 9.97.